The van der Waals surface area contributed by atoms with Crippen molar-refractivity contribution in [2.24, 2.45) is 0 Å². The fourth-order valence-electron chi connectivity index (χ4n) is 3.90. The Labute approximate surface area is 250 Å². The number of carbonyl (C=O) groups excluding carboxylic acids is 4. The fraction of sp³-hybridized carbons (Fsp3) is 0.308. The smallest absolute Gasteiger partial charge is 0.414 e. The summed E-state index contributed by atoms with van der Waals surface area (Å²) in [5.74, 6) is -1.24. The number of halogens is 2. The summed E-state index contributed by atoms with van der Waals surface area (Å²) in [5, 5.41) is 10.3. The largest absolute Gasteiger partial charge is 0.442 e. The first-order valence-corrected chi connectivity index (χ1v) is 13.3. The zero-order valence-electron chi connectivity index (χ0n) is 22.5. The lowest BCUT2D eigenvalue weighted by atomic mass is 10.2. The van der Waals surface area contributed by atoms with Crippen LogP contribution in [0.1, 0.15) is 13.8 Å². The van der Waals surface area contributed by atoms with E-state index in [4.69, 9.17) is 33.9 Å². The van der Waals surface area contributed by atoms with Crippen molar-refractivity contribution < 1.29 is 37.4 Å². The van der Waals surface area contributed by atoms with Crippen molar-refractivity contribution in [1.82, 2.24) is 10.6 Å². The number of anilines is 4. The average Bonchev–Trinajstić information content (AvgIpc) is 3.51. The maximum absolute atomic E-state index is 13.7. The SMILES string of the molecule is CC(=S)NC[C@H]1CN(c2ccc(NC=O)c(F)c2)C(=O)O1.CC(=S)NC[C@H]1CN(c2ccc(NC=O)c(F)c2)C(=O)O1. The van der Waals surface area contributed by atoms with E-state index in [0.29, 0.717) is 60.4 Å². The molecule has 2 aromatic rings. The van der Waals surface area contributed by atoms with Gasteiger partial charge in [0, 0.05) is 0 Å². The van der Waals surface area contributed by atoms with Crippen molar-refractivity contribution in [2.45, 2.75) is 26.1 Å². The fourth-order valence-corrected chi connectivity index (χ4v) is 4.06. The maximum atomic E-state index is 13.7. The molecule has 0 saturated carbocycles. The summed E-state index contributed by atoms with van der Waals surface area (Å²) in [7, 11) is 0. The summed E-state index contributed by atoms with van der Waals surface area (Å²) in [4.78, 5) is 48.1. The molecule has 0 unspecified atom stereocenters. The Morgan fingerprint density at radius 1 is 0.810 bits per heavy atom. The first kappa shape index (κ1) is 32.1. The number of ether oxygens (including phenoxy) is 2. The summed E-state index contributed by atoms with van der Waals surface area (Å²) >= 11 is 9.78. The van der Waals surface area contributed by atoms with E-state index in [1.807, 2.05) is 0 Å². The minimum Gasteiger partial charge on any atom is -0.442 e. The molecule has 16 heteroatoms. The number of amides is 4. The highest BCUT2D eigenvalue weighted by Gasteiger charge is 2.33. The second-order valence-electron chi connectivity index (χ2n) is 8.96. The van der Waals surface area contributed by atoms with Gasteiger partial charge in [0.15, 0.2) is 0 Å². The molecule has 4 amide bonds. The molecule has 2 saturated heterocycles. The van der Waals surface area contributed by atoms with Crippen molar-refractivity contribution in [2.75, 3.05) is 46.6 Å². The van der Waals surface area contributed by atoms with Crippen molar-refractivity contribution in [3.63, 3.8) is 0 Å². The topological polar surface area (TPSA) is 141 Å². The monoisotopic (exact) mass is 622 g/mol. The van der Waals surface area contributed by atoms with Crippen LogP contribution in [0.15, 0.2) is 36.4 Å². The molecule has 2 atom stereocenters. The third-order valence-corrected chi connectivity index (χ3v) is 6.15. The van der Waals surface area contributed by atoms with Crippen LogP contribution in [-0.2, 0) is 19.1 Å². The highest BCUT2D eigenvalue weighted by molar-refractivity contribution is 7.80. The van der Waals surface area contributed by atoms with Gasteiger partial charge in [0.05, 0.1) is 58.9 Å². The Bertz CT molecular complexity index is 1270. The van der Waals surface area contributed by atoms with Crippen LogP contribution in [0.3, 0.4) is 0 Å². The van der Waals surface area contributed by atoms with Gasteiger partial charge in [-0.2, -0.15) is 0 Å². The van der Waals surface area contributed by atoms with Crippen LogP contribution in [0.5, 0.6) is 0 Å². The Morgan fingerprint density at radius 2 is 1.19 bits per heavy atom. The van der Waals surface area contributed by atoms with E-state index in [9.17, 15) is 28.0 Å². The standard InChI is InChI=1S/2C13H14FN3O3S/c2*1-8(21)15-5-10-6-17(13(19)20-10)9-2-3-12(16-7-18)11(14)4-9/h2*2-4,7,10H,5-6H2,1H3,(H,15,21)(H,16,18)/t2*10-/m00/s1. The van der Waals surface area contributed by atoms with Gasteiger partial charge in [-0.25, -0.2) is 18.4 Å². The molecule has 12 nitrogen and oxygen atoms in total. The number of cyclic esters (lactones) is 2. The molecule has 42 heavy (non-hydrogen) atoms. The molecule has 0 aromatic heterocycles. The van der Waals surface area contributed by atoms with Gasteiger partial charge in [0.25, 0.3) is 0 Å². The van der Waals surface area contributed by atoms with Gasteiger partial charge in [-0.05, 0) is 50.2 Å². The minimum atomic E-state index is -0.622. The summed E-state index contributed by atoms with van der Waals surface area (Å²) in [6.45, 7) is 4.88. The van der Waals surface area contributed by atoms with Gasteiger partial charge in [-0.1, -0.05) is 24.4 Å². The molecule has 0 spiro atoms. The summed E-state index contributed by atoms with van der Waals surface area (Å²) in [6.07, 6.45) is -1.02. The van der Waals surface area contributed by atoms with E-state index in [2.05, 4.69) is 21.3 Å². The van der Waals surface area contributed by atoms with Gasteiger partial charge >= 0.3 is 12.2 Å². The van der Waals surface area contributed by atoms with E-state index in [0.717, 1.165) is 0 Å². The lowest BCUT2D eigenvalue weighted by Gasteiger charge is -2.14. The summed E-state index contributed by atoms with van der Waals surface area (Å²) < 4.78 is 37.8. The molecule has 0 bridgehead atoms. The van der Waals surface area contributed by atoms with E-state index < -0.39 is 23.8 Å². The normalized spacial score (nSPS) is 17.3. The van der Waals surface area contributed by atoms with E-state index in [1.54, 1.807) is 13.8 Å². The highest BCUT2D eigenvalue weighted by Crippen LogP contribution is 2.27. The first-order valence-electron chi connectivity index (χ1n) is 12.5. The Kier molecular flexibility index (Phi) is 11.4. The second kappa shape index (κ2) is 15.0. The third kappa shape index (κ3) is 8.78. The maximum Gasteiger partial charge on any atom is 0.414 e. The molecule has 0 aliphatic carbocycles. The number of hydrogen-bond donors (Lipinski definition) is 4. The Balaban J connectivity index is 0.000000230. The summed E-state index contributed by atoms with van der Waals surface area (Å²) in [6, 6.07) is 8.20. The van der Waals surface area contributed by atoms with Crippen LogP contribution in [0.2, 0.25) is 0 Å². The van der Waals surface area contributed by atoms with E-state index >= 15 is 0 Å². The van der Waals surface area contributed by atoms with Gasteiger partial charge < -0.3 is 30.7 Å². The molecule has 2 aliphatic rings. The lowest BCUT2D eigenvalue weighted by Crippen LogP contribution is -2.32. The Hall–Kier alpha value is -4.44. The van der Waals surface area contributed by atoms with E-state index in [-0.39, 0.29) is 23.6 Å². The van der Waals surface area contributed by atoms with Gasteiger partial charge in [0.2, 0.25) is 12.8 Å². The van der Waals surface area contributed by atoms with Crippen LogP contribution in [-0.4, -0.2) is 73.4 Å². The molecule has 224 valence electrons. The molecule has 2 aromatic carbocycles. The van der Waals surface area contributed by atoms with Crippen LogP contribution >= 0.6 is 24.4 Å². The molecule has 4 N–H and O–H groups in total. The molecule has 2 aliphatic heterocycles. The average molecular weight is 623 g/mol. The van der Waals surface area contributed by atoms with E-state index in [1.165, 1.54) is 46.2 Å². The molecular formula is C26H28F2N6O6S2. The minimum absolute atomic E-state index is 0.0517. The third-order valence-electron chi connectivity index (χ3n) is 5.86. The number of benzene rings is 2. The zero-order valence-corrected chi connectivity index (χ0v) is 24.2. The number of hydrogen-bond acceptors (Lipinski definition) is 8. The molecule has 2 fully saturated rings. The van der Waals surface area contributed by atoms with Crippen molar-refractivity contribution in [3.05, 3.63) is 48.0 Å². The van der Waals surface area contributed by atoms with Crippen molar-refractivity contribution in [3.8, 4) is 0 Å². The summed E-state index contributed by atoms with van der Waals surface area (Å²) in [5.41, 5.74) is 0.845. The second-order valence-corrected chi connectivity index (χ2v) is 10.2. The molecule has 2 heterocycles. The number of nitrogens with zero attached hydrogens (tertiary/aromatic N) is 2. The van der Waals surface area contributed by atoms with Crippen LogP contribution < -0.4 is 31.1 Å². The van der Waals surface area contributed by atoms with Crippen molar-refractivity contribution in [1.29, 1.82) is 0 Å². The van der Waals surface area contributed by atoms with Crippen LogP contribution in [0.4, 0.5) is 41.1 Å². The highest BCUT2D eigenvalue weighted by atomic mass is 32.1. The number of nitrogens with one attached hydrogen (secondary N) is 4. The Morgan fingerprint density at radius 3 is 1.50 bits per heavy atom. The quantitative estimate of drug-likeness (QED) is 0.230. The number of carbonyl (C=O) groups is 4. The molecule has 0 radical (unpaired) electrons. The van der Waals surface area contributed by atoms with Crippen LogP contribution in [0.25, 0.3) is 0 Å². The zero-order chi connectivity index (χ0) is 30.8. The van der Waals surface area contributed by atoms with Gasteiger partial charge in [0.1, 0.15) is 23.8 Å². The lowest BCUT2D eigenvalue weighted by molar-refractivity contribution is -0.106. The van der Waals surface area contributed by atoms with Gasteiger partial charge in [-0.15, -0.1) is 0 Å². The predicted molar refractivity (Wildman–Crippen MR) is 160 cm³/mol. The first-order chi connectivity index (χ1) is 20.0. The van der Waals surface area contributed by atoms with Crippen molar-refractivity contribution >= 4 is 82.2 Å². The van der Waals surface area contributed by atoms with Crippen LogP contribution in [0, 0.1) is 11.6 Å². The number of rotatable bonds is 10. The molecule has 4 rings (SSSR count). The number of thiocarbonyl (C=S) groups is 2. The predicted octanol–water partition coefficient (Wildman–Crippen LogP) is 3.31. The van der Waals surface area contributed by atoms with Gasteiger partial charge in [-0.3, -0.25) is 19.4 Å². The molecular weight excluding hydrogens is 594 g/mol.